The molecule has 1 amide bonds. The van der Waals surface area contributed by atoms with E-state index in [1.54, 1.807) is 49.4 Å². The summed E-state index contributed by atoms with van der Waals surface area (Å²) in [6.07, 6.45) is -5.85. The zero-order valence-electron chi connectivity index (χ0n) is 21.0. The Labute approximate surface area is 226 Å². The van der Waals surface area contributed by atoms with Crippen molar-refractivity contribution in [2.45, 2.75) is 25.6 Å². The monoisotopic (exact) mass is 561 g/mol. The van der Waals surface area contributed by atoms with Crippen LogP contribution in [0.2, 0.25) is 5.02 Å². The molecular formula is C28H23ClF3NO6. The molecule has 4 aromatic rings. The maximum Gasteiger partial charge on any atom is 0.416 e. The van der Waals surface area contributed by atoms with E-state index in [4.69, 9.17) is 30.2 Å². The third-order valence-electron chi connectivity index (χ3n) is 5.88. The summed E-state index contributed by atoms with van der Waals surface area (Å²) in [5, 5.41) is 2.50. The Morgan fingerprint density at radius 1 is 1.03 bits per heavy atom. The van der Waals surface area contributed by atoms with E-state index >= 15 is 0 Å². The van der Waals surface area contributed by atoms with Crippen molar-refractivity contribution in [3.63, 3.8) is 0 Å². The highest BCUT2D eigenvalue weighted by atomic mass is 35.5. The van der Waals surface area contributed by atoms with Gasteiger partial charge in [-0.2, -0.15) is 13.2 Å². The van der Waals surface area contributed by atoms with Gasteiger partial charge in [0.05, 0.1) is 35.9 Å². The van der Waals surface area contributed by atoms with Crippen LogP contribution < -0.4 is 25.0 Å². The number of anilines is 1. The van der Waals surface area contributed by atoms with Gasteiger partial charge in [0.2, 0.25) is 11.2 Å². The van der Waals surface area contributed by atoms with E-state index in [1.807, 2.05) is 0 Å². The molecule has 11 heteroatoms. The van der Waals surface area contributed by atoms with Gasteiger partial charge >= 0.3 is 6.18 Å². The lowest BCUT2D eigenvalue weighted by atomic mass is 10.1. The van der Waals surface area contributed by atoms with Gasteiger partial charge in [0.25, 0.3) is 5.91 Å². The molecule has 1 atom stereocenters. The second-order valence-corrected chi connectivity index (χ2v) is 8.76. The van der Waals surface area contributed by atoms with Gasteiger partial charge in [-0.3, -0.25) is 9.59 Å². The van der Waals surface area contributed by atoms with E-state index in [0.717, 1.165) is 18.2 Å². The van der Waals surface area contributed by atoms with Crippen molar-refractivity contribution in [3.8, 4) is 28.6 Å². The smallest absolute Gasteiger partial charge is 0.416 e. The number of ether oxygens (including phenoxy) is 3. The van der Waals surface area contributed by atoms with Crippen molar-refractivity contribution in [2.24, 2.45) is 0 Å². The topological polar surface area (TPSA) is 87.0 Å². The number of para-hydroxylation sites is 1. The number of benzene rings is 3. The van der Waals surface area contributed by atoms with Gasteiger partial charge in [0.1, 0.15) is 5.58 Å². The SMILES string of the molecule is CCC(Oc1c(-c2ccc(OC)c(OC)c2)oc2ccccc2c1=O)C(=O)Nc1cc(C(F)(F)F)ccc1Cl. The molecule has 39 heavy (non-hydrogen) atoms. The van der Waals surface area contributed by atoms with E-state index < -0.39 is 29.2 Å². The highest BCUT2D eigenvalue weighted by molar-refractivity contribution is 6.33. The lowest BCUT2D eigenvalue weighted by molar-refractivity contribution is -0.137. The van der Waals surface area contributed by atoms with E-state index in [1.165, 1.54) is 14.2 Å². The minimum absolute atomic E-state index is 0.0306. The van der Waals surface area contributed by atoms with Crippen molar-refractivity contribution in [2.75, 3.05) is 19.5 Å². The summed E-state index contributed by atoms with van der Waals surface area (Å²) in [7, 11) is 2.93. The highest BCUT2D eigenvalue weighted by Gasteiger charge is 2.32. The first-order valence-electron chi connectivity index (χ1n) is 11.7. The predicted molar refractivity (Wildman–Crippen MR) is 141 cm³/mol. The van der Waals surface area contributed by atoms with Crippen LogP contribution in [0.3, 0.4) is 0 Å². The number of rotatable bonds is 8. The Morgan fingerprint density at radius 3 is 2.41 bits per heavy atom. The zero-order chi connectivity index (χ0) is 28.3. The molecule has 0 radical (unpaired) electrons. The number of methoxy groups -OCH3 is 2. The number of hydrogen-bond acceptors (Lipinski definition) is 6. The fourth-order valence-electron chi connectivity index (χ4n) is 3.87. The van der Waals surface area contributed by atoms with Crippen LogP contribution in [0.25, 0.3) is 22.3 Å². The van der Waals surface area contributed by atoms with Gasteiger partial charge in [0.15, 0.2) is 23.4 Å². The van der Waals surface area contributed by atoms with Crippen LogP contribution in [0.5, 0.6) is 17.2 Å². The first-order chi connectivity index (χ1) is 18.6. The Bertz CT molecular complexity index is 1580. The van der Waals surface area contributed by atoms with E-state index in [2.05, 4.69) is 5.32 Å². The second-order valence-electron chi connectivity index (χ2n) is 8.35. The van der Waals surface area contributed by atoms with Crippen LogP contribution in [0.4, 0.5) is 18.9 Å². The summed E-state index contributed by atoms with van der Waals surface area (Å²) in [6.45, 7) is 1.62. The van der Waals surface area contributed by atoms with E-state index in [0.29, 0.717) is 17.1 Å². The van der Waals surface area contributed by atoms with Gasteiger partial charge in [-0.05, 0) is 55.0 Å². The standard InChI is InChI=1S/C28H23ClF3NO6/c1-4-20(27(35)33-19-14-16(28(30,31)32)10-11-18(19)29)38-26-24(34)17-7-5-6-8-21(17)39-25(26)15-9-12-22(36-2)23(13-15)37-3/h5-14,20H,4H2,1-3H3,(H,33,35). The summed E-state index contributed by atoms with van der Waals surface area (Å²) in [5.74, 6) is -0.220. The molecule has 0 saturated carbocycles. The van der Waals surface area contributed by atoms with Crippen LogP contribution in [-0.4, -0.2) is 26.2 Å². The molecule has 1 aromatic heterocycles. The zero-order valence-corrected chi connectivity index (χ0v) is 21.8. The van der Waals surface area contributed by atoms with Crippen molar-refractivity contribution in [1.82, 2.24) is 0 Å². The summed E-state index contributed by atoms with van der Waals surface area (Å²) < 4.78 is 62.2. The number of halogens is 4. The Morgan fingerprint density at radius 2 is 1.74 bits per heavy atom. The molecule has 1 heterocycles. The predicted octanol–water partition coefficient (Wildman–Crippen LogP) is 6.95. The highest BCUT2D eigenvalue weighted by Crippen LogP contribution is 2.38. The van der Waals surface area contributed by atoms with Crippen LogP contribution in [-0.2, 0) is 11.0 Å². The third-order valence-corrected chi connectivity index (χ3v) is 6.21. The molecule has 1 N–H and O–H groups in total. The summed E-state index contributed by atoms with van der Waals surface area (Å²) >= 11 is 6.04. The molecule has 0 aliphatic rings. The Balaban J connectivity index is 1.76. The number of alkyl halides is 3. The van der Waals surface area contributed by atoms with Crippen molar-refractivity contribution in [1.29, 1.82) is 0 Å². The Kier molecular flexibility index (Phi) is 8.06. The average molecular weight is 562 g/mol. The van der Waals surface area contributed by atoms with Crippen molar-refractivity contribution < 1.29 is 36.6 Å². The first-order valence-corrected chi connectivity index (χ1v) is 12.1. The molecule has 1 unspecified atom stereocenters. The lowest BCUT2D eigenvalue weighted by Gasteiger charge is -2.20. The first kappa shape index (κ1) is 27.8. The van der Waals surface area contributed by atoms with Gasteiger partial charge in [-0.1, -0.05) is 30.7 Å². The molecule has 0 bridgehead atoms. The number of amides is 1. The van der Waals surface area contributed by atoms with Gasteiger partial charge in [0, 0.05) is 5.56 Å². The summed E-state index contributed by atoms with van der Waals surface area (Å²) in [4.78, 5) is 26.6. The van der Waals surface area contributed by atoms with E-state index in [-0.39, 0.29) is 39.6 Å². The maximum absolute atomic E-state index is 13.5. The number of hydrogen-bond donors (Lipinski definition) is 1. The number of carbonyl (C=O) groups excluding carboxylic acids is 1. The summed E-state index contributed by atoms with van der Waals surface area (Å²) in [6, 6.07) is 13.9. The van der Waals surface area contributed by atoms with Crippen LogP contribution in [0.15, 0.2) is 69.9 Å². The molecule has 0 spiro atoms. The largest absolute Gasteiger partial charge is 0.493 e. The molecule has 0 aliphatic carbocycles. The third kappa shape index (κ3) is 5.80. The molecule has 3 aromatic carbocycles. The maximum atomic E-state index is 13.5. The summed E-state index contributed by atoms with van der Waals surface area (Å²) in [5.41, 5.74) is -1.08. The molecule has 0 saturated heterocycles. The number of nitrogens with one attached hydrogen (secondary N) is 1. The van der Waals surface area contributed by atoms with Crippen LogP contribution >= 0.6 is 11.6 Å². The number of carbonyl (C=O) groups is 1. The fourth-order valence-corrected chi connectivity index (χ4v) is 4.04. The molecule has 0 fully saturated rings. The quantitative estimate of drug-likeness (QED) is 0.251. The second kappa shape index (κ2) is 11.3. The molecule has 4 rings (SSSR count). The van der Waals surface area contributed by atoms with Crippen molar-refractivity contribution >= 4 is 34.2 Å². The molecule has 204 valence electrons. The molecule has 7 nitrogen and oxygen atoms in total. The van der Waals surface area contributed by atoms with Crippen LogP contribution in [0.1, 0.15) is 18.9 Å². The van der Waals surface area contributed by atoms with E-state index in [9.17, 15) is 22.8 Å². The fraction of sp³-hybridized carbons (Fsp3) is 0.214. The minimum atomic E-state index is -4.64. The van der Waals surface area contributed by atoms with Crippen molar-refractivity contribution in [3.05, 3.63) is 81.5 Å². The molecule has 0 aliphatic heterocycles. The van der Waals surface area contributed by atoms with Crippen LogP contribution in [0, 0.1) is 0 Å². The normalized spacial score (nSPS) is 12.2. The lowest BCUT2D eigenvalue weighted by Crippen LogP contribution is -2.34. The van der Waals surface area contributed by atoms with Gasteiger partial charge in [-0.15, -0.1) is 0 Å². The number of fused-ring (bicyclic) bond motifs is 1. The average Bonchev–Trinajstić information content (AvgIpc) is 2.92. The Hall–Kier alpha value is -4.18. The van der Waals surface area contributed by atoms with Gasteiger partial charge in [-0.25, -0.2) is 0 Å². The minimum Gasteiger partial charge on any atom is -0.493 e. The van der Waals surface area contributed by atoms with Gasteiger partial charge < -0.3 is 23.9 Å². The molecular weight excluding hydrogens is 539 g/mol.